The van der Waals surface area contributed by atoms with Crippen molar-refractivity contribution in [3.63, 3.8) is 0 Å². The number of hydrogen-bond donors (Lipinski definition) is 2. The summed E-state index contributed by atoms with van der Waals surface area (Å²) < 4.78 is 14.7. The van der Waals surface area contributed by atoms with Gasteiger partial charge in [0.1, 0.15) is 23.4 Å². The maximum Gasteiger partial charge on any atom is 0.180 e. The summed E-state index contributed by atoms with van der Waals surface area (Å²) in [5, 5.41) is 7.97. The Morgan fingerprint density at radius 2 is 2.06 bits per heavy atom. The second-order valence-corrected chi connectivity index (χ2v) is 7.23. The molecular formula is C22H18FN9. The Hall–Kier alpha value is -4.47. The molecule has 0 spiro atoms. The van der Waals surface area contributed by atoms with Gasteiger partial charge >= 0.3 is 0 Å². The Morgan fingerprint density at radius 1 is 1.25 bits per heavy atom. The smallest absolute Gasteiger partial charge is 0.180 e. The molecule has 5 rings (SSSR count). The summed E-state index contributed by atoms with van der Waals surface area (Å²) in [7, 11) is 1.91. The third-order valence-corrected chi connectivity index (χ3v) is 5.13. The van der Waals surface area contributed by atoms with Crippen molar-refractivity contribution >= 4 is 34.5 Å². The number of nitrogens with one attached hydrogen (secondary N) is 2. The Bertz CT molecular complexity index is 1480. The first-order valence-electron chi connectivity index (χ1n) is 9.71. The second kappa shape index (κ2) is 7.65. The normalized spacial score (nSPS) is 11.9. The van der Waals surface area contributed by atoms with Crippen LogP contribution in [-0.4, -0.2) is 48.9 Å². The minimum Gasteiger partial charge on any atom is -0.347 e. The van der Waals surface area contributed by atoms with Crippen LogP contribution in [0.25, 0.3) is 44.7 Å². The van der Waals surface area contributed by atoms with Crippen molar-refractivity contribution in [3.05, 3.63) is 60.8 Å². The molecule has 0 aliphatic rings. The number of hydrogen-bond acceptors (Lipinski definition) is 7. The van der Waals surface area contributed by atoms with Gasteiger partial charge in [-0.1, -0.05) is 0 Å². The molecule has 0 saturated carbocycles. The number of anilines is 1. The molecule has 9 nitrogen and oxygen atoms in total. The number of pyridine rings is 1. The fraction of sp³-hybridized carbons (Fsp3) is 0.0909. The summed E-state index contributed by atoms with van der Waals surface area (Å²) in [6, 6.07) is 5.00. The van der Waals surface area contributed by atoms with Gasteiger partial charge < -0.3 is 9.88 Å². The topological polar surface area (TPSA) is 112 Å². The number of H-pyrrole nitrogens is 2. The molecule has 158 valence electrons. The molecule has 0 fully saturated rings. The third kappa shape index (κ3) is 3.27. The summed E-state index contributed by atoms with van der Waals surface area (Å²) in [5.41, 5.74) is 4.99. The summed E-state index contributed by atoms with van der Waals surface area (Å²) in [5.74, 6) is 0.125. The summed E-state index contributed by atoms with van der Waals surface area (Å²) >= 11 is 0. The van der Waals surface area contributed by atoms with Crippen molar-refractivity contribution in [1.82, 2.24) is 35.1 Å². The van der Waals surface area contributed by atoms with Gasteiger partial charge in [-0.2, -0.15) is 5.10 Å². The highest BCUT2D eigenvalue weighted by Gasteiger charge is 2.18. The van der Waals surface area contributed by atoms with E-state index in [0.717, 1.165) is 16.9 Å². The molecule has 2 N–H and O–H groups in total. The highest BCUT2D eigenvalue weighted by atomic mass is 19.1. The van der Waals surface area contributed by atoms with Crippen LogP contribution in [0.2, 0.25) is 0 Å². The molecular weight excluding hydrogens is 409 g/mol. The van der Waals surface area contributed by atoms with Crippen LogP contribution >= 0.6 is 0 Å². The molecule has 0 aliphatic heterocycles. The molecule has 0 saturated heterocycles. The number of nitrogens with zero attached hydrogens (tertiary/aromatic N) is 7. The minimum absolute atomic E-state index is 0.382. The number of rotatable bonds is 5. The summed E-state index contributed by atoms with van der Waals surface area (Å²) in [6.07, 6.45) is 8.09. The van der Waals surface area contributed by atoms with Gasteiger partial charge in [0.05, 0.1) is 16.9 Å². The zero-order valence-corrected chi connectivity index (χ0v) is 17.3. The van der Waals surface area contributed by atoms with Gasteiger partial charge in [-0.3, -0.25) is 10.1 Å². The zero-order valence-electron chi connectivity index (χ0n) is 17.3. The molecule has 0 amide bonds. The highest BCUT2D eigenvalue weighted by molar-refractivity contribution is 5.97. The van der Waals surface area contributed by atoms with E-state index in [1.54, 1.807) is 24.7 Å². The minimum atomic E-state index is -0.393. The van der Waals surface area contributed by atoms with Gasteiger partial charge in [0.15, 0.2) is 11.5 Å². The lowest BCUT2D eigenvalue weighted by Crippen LogP contribution is -2.09. The summed E-state index contributed by atoms with van der Waals surface area (Å²) in [6.45, 7) is 5.41. The van der Waals surface area contributed by atoms with Crippen molar-refractivity contribution in [2.24, 2.45) is 4.99 Å². The first kappa shape index (κ1) is 19.5. The quantitative estimate of drug-likeness (QED) is 0.409. The maximum atomic E-state index is 14.7. The molecule has 5 aromatic rings. The van der Waals surface area contributed by atoms with E-state index >= 15 is 0 Å². The molecule has 0 bridgehead atoms. The van der Waals surface area contributed by atoms with E-state index in [9.17, 15) is 4.39 Å². The molecule has 1 aromatic carbocycles. The van der Waals surface area contributed by atoms with Gasteiger partial charge in [0.25, 0.3) is 0 Å². The average molecular weight is 427 g/mol. The number of halogens is 1. The predicted molar refractivity (Wildman–Crippen MR) is 122 cm³/mol. The number of allylic oxidation sites excluding steroid dienone is 1. The van der Waals surface area contributed by atoms with E-state index < -0.39 is 5.82 Å². The Kier molecular flexibility index (Phi) is 4.66. The Morgan fingerprint density at radius 3 is 2.84 bits per heavy atom. The Labute approximate surface area is 181 Å². The largest absolute Gasteiger partial charge is 0.347 e. The first-order chi connectivity index (χ1) is 15.5. The molecule has 4 aromatic heterocycles. The fourth-order valence-electron chi connectivity index (χ4n) is 3.57. The van der Waals surface area contributed by atoms with Gasteiger partial charge in [-0.25, -0.2) is 24.3 Å². The van der Waals surface area contributed by atoms with Crippen molar-refractivity contribution in [1.29, 1.82) is 0 Å². The van der Waals surface area contributed by atoms with E-state index in [-0.39, 0.29) is 0 Å². The van der Waals surface area contributed by atoms with E-state index in [1.165, 1.54) is 12.4 Å². The van der Waals surface area contributed by atoms with Crippen molar-refractivity contribution < 1.29 is 4.39 Å². The molecule has 0 atom stereocenters. The SMILES string of the molecule is C=N/C(C)=C\N(C)c1ccnc2nc(-c3n[nH]c4cc(F)c(-c5cncnc5)cc34)[nH]c12. The van der Waals surface area contributed by atoms with Crippen LogP contribution in [-0.2, 0) is 0 Å². The van der Waals surface area contributed by atoms with Crippen LogP contribution in [0.4, 0.5) is 10.1 Å². The molecule has 0 unspecified atom stereocenters. The van der Waals surface area contributed by atoms with E-state index in [2.05, 4.69) is 46.8 Å². The predicted octanol–water partition coefficient (Wildman–Crippen LogP) is 4.10. The van der Waals surface area contributed by atoms with Crippen LogP contribution in [0.15, 0.2) is 60.0 Å². The van der Waals surface area contributed by atoms with Crippen LogP contribution in [0.5, 0.6) is 0 Å². The Balaban J connectivity index is 1.65. The zero-order chi connectivity index (χ0) is 22.2. The first-order valence-corrected chi connectivity index (χ1v) is 9.71. The number of imidazole rings is 1. The van der Waals surface area contributed by atoms with Crippen LogP contribution in [0.3, 0.4) is 0 Å². The van der Waals surface area contributed by atoms with Crippen LogP contribution in [0.1, 0.15) is 6.92 Å². The van der Waals surface area contributed by atoms with Gasteiger partial charge in [0, 0.05) is 54.4 Å². The molecule has 32 heavy (non-hydrogen) atoms. The van der Waals surface area contributed by atoms with Crippen molar-refractivity contribution in [2.45, 2.75) is 6.92 Å². The number of aromatic nitrogens is 7. The lowest BCUT2D eigenvalue weighted by molar-refractivity contribution is 0.632. The van der Waals surface area contributed by atoms with Gasteiger partial charge in [-0.05, 0) is 25.8 Å². The second-order valence-electron chi connectivity index (χ2n) is 7.23. The molecule has 4 heterocycles. The maximum absolute atomic E-state index is 14.7. The number of aromatic amines is 2. The number of benzene rings is 1. The van der Waals surface area contributed by atoms with E-state index in [0.29, 0.717) is 39.2 Å². The van der Waals surface area contributed by atoms with Crippen LogP contribution in [0, 0.1) is 5.82 Å². The standard InChI is InChI=1S/C22H18FN9/c1-12(24-2)10-32(3)18-4-5-27-21-20(18)28-22(29-21)19-15-6-14(13-8-25-11-26-9-13)16(23)7-17(15)30-31-19/h4-11H,2H2,1,3H3,(H,30,31)(H,27,28,29)/b12-10-. The van der Waals surface area contributed by atoms with Crippen molar-refractivity contribution in [3.8, 4) is 22.6 Å². The molecule has 0 radical (unpaired) electrons. The van der Waals surface area contributed by atoms with E-state index in [1.807, 2.05) is 31.1 Å². The van der Waals surface area contributed by atoms with Crippen LogP contribution < -0.4 is 4.90 Å². The molecule has 10 heteroatoms. The lowest BCUT2D eigenvalue weighted by atomic mass is 10.0. The van der Waals surface area contributed by atoms with Gasteiger partial charge in [0.2, 0.25) is 0 Å². The molecule has 0 aliphatic carbocycles. The summed E-state index contributed by atoms with van der Waals surface area (Å²) in [4.78, 5) is 26.1. The highest BCUT2D eigenvalue weighted by Crippen LogP contribution is 2.33. The number of aliphatic imine (C=N–C) groups is 1. The number of fused-ring (bicyclic) bond motifs is 2. The van der Waals surface area contributed by atoms with Crippen molar-refractivity contribution in [2.75, 3.05) is 11.9 Å². The monoisotopic (exact) mass is 427 g/mol. The van der Waals surface area contributed by atoms with Gasteiger partial charge in [-0.15, -0.1) is 0 Å². The third-order valence-electron chi connectivity index (χ3n) is 5.13. The average Bonchev–Trinajstić information content (AvgIpc) is 3.42. The lowest BCUT2D eigenvalue weighted by Gasteiger charge is -2.15. The van der Waals surface area contributed by atoms with E-state index in [4.69, 9.17) is 0 Å². The fourth-order valence-corrected chi connectivity index (χ4v) is 3.57.